The van der Waals surface area contributed by atoms with E-state index in [1.54, 1.807) is 19.0 Å². The van der Waals surface area contributed by atoms with Crippen LogP contribution in [0.3, 0.4) is 0 Å². The molecule has 0 fully saturated rings. The van der Waals surface area contributed by atoms with Crippen LogP contribution >= 0.6 is 0 Å². The molecule has 0 saturated carbocycles. The van der Waals surface area contributed by atoms with Crippen molar-refractivity contribution in [1.29, 1.82) is 0 Å². The first-order valence-corrected chi connectivity index (χ1v) is 3.64. The van der Waals surface area contributed by atoms with Crippen LogP contribution in [0.5, 0.6) is 0 Å². The molecule has 1 unspecified atom stereocenters. The van der Waals surface area contributed by atoms with Gasteiger partial charge in [-0.05, 0) is 14.1 Å². The fraction of sp³-hybridized carbons (Fsp3) is 0.714. The maximum absolute atomic E-state index is 10.8. The molecule has 5 heteroatoms. The number of rotatable bonds is 4. The molecule has 3 N–H and O–H groups in total. The Morgan fingerprint density at radius 2 is 2.00 bits per heavy atom. The Morgan fingerprint density at radius 1 is 1.50 bits per heavy atom. The maximum atomic E-state index is 10.8. The number of nitrogens with zero attached hydrogens (tertiary/aromatic N) is 1. The molecule has 70 valence electrons. The van der Waals surface area contributed by atoms with Crippen molar-refractivity contribution in [3.8, 4) is 0 Å². The van der Waals surface area contributed by atoms with E-state index in [4.69, 9.17) is 5.73 Å². The fourth-order valence-corrected chi connectivity index (χ4v) is 0.817. The van der Waals surface area contributed by atoms with Gasteiger partial charge in [-0.3, -0.25) is 9.59 Å². The van der Waals surface area contributed by atoms with Crippen LogP contribution in [0.4, 0.5) is 0 Å². The molecule has 1 atom stereocenters. The van der Waals surface area contributed by atoms with Crippen molar-refractivity contribution >= 4 is 11.8 Å². The van der Waals surface area contributed by atoms with E-state index in [0.29, 0.717) is 6.54 Å². The van der Waals surface area contributed by atoms with Gasteiger partial charge in [-0.2, -0.15) is 0 Å². The molecule has 5 nitrogen and oxygen atoms in total. The van der Waals surface area contributed by atoms with E-state index in [-0.39, 0.29) is 5.91 Å². The summed E-state index contributed by atoms with van der Waals surface area (Å²) >= 11 is 0. The van der Waals surface area contributed by atoms with Crippen molar-refractivity contribution in [3.05, 3.63) is 0 Å². The normalized spacial score (nSPS) is 12.7. The molecular weight excluding hydrogens is 158 g/mol. The third-order valence-electron chi connectivity index (χ3n) is 1.27. The number of nitrogens with one attached hydrogen (secondary N) is 1. The number of carbonyl (C=O) groups excluding carboxylic acids is 2. The predicted molar refractivity (Wildman–Crippen MR) is 45.4 cm³/mol. The van der Waals surface area contributed by atoms with Crippen LogP contribution in [0.15, 0.2) is 0 Å². The summed E-state index contributed by atoms with van der Waals surface area (Å²) in [5, 5.41) is 2.46. The lowest BCUT2D eigenvalue weighted by atomic mass is 10.2. The molecule has 0 spiro atoms. The van der Waals surface area contributed by atoms with Gasteiger partial charge in [-0.1, -0.05) is 0 Å². The van der Waals surface area contributed by atoms with Crippen LogP contribution < -0.4 is 11.1 Å². The van der Waals surface area contributed by atoms with Crippen molar-refractivity contribution < 1.29 is 9.59 Å². The molecule has 0 aromatic carbocycles. The second kappa shape index (κ2) is 4.71. The average Bonchev–Trinajstić information content (AvgIpc) is 1.83. The zero-order valence-corrected chi connectivity index (χ0v) is 7.63. The number of likely N-dealkylation sites (N-methyl/N-ethyl adjacent to an activating group) is 1. The van der Waals surface area contributed by atoms with Crippen LogP contribution in [0, 0.1) is 0 Å². The van der Waals surface area contributed by atoms with Crippen molar-refractivity contribution in [3.63, 3.8) is 0 Å². The monoisotopic (exact) mass is 173 g/mol. The molecule has 0 aliphatic carbocycles. The number of amides is 2. The van der Waals surface area contributed by atoms with Gasteiger partial charge in [0.15, 0.2) is 0 Å². The number of primary amides is 1. The number of hydrogen-bond acceptors (Lipinski definition) is 3. The molecular formula is C7H15N3O2. The lowest BCUT2D eigenvalue weighted by Gasteiger charge is -2.18. The highest BCUT2D eigenvalue weighted by molar-refractivity contribution is 5.85. The lowest BCUT2D eigenvalue weighted by molar-refractivity contribution is -0.126. The van der Waals surface area contributed by atoms with Gasteiger partial charge in [-0.25, -0.2) is 0 Å². The molecule has 2 amide bonds. The quantitative estimate of drug-likeness (QED) is 0.545. The number of carbonyl (C=O) groups is 2. The van der Waals surface area contributed by atoms with E-state index in [9.17, 15) is 9.59 Å². The van der Waals surface area contributed by atoms with E-state index in [2.05, 4.69) is 5.32 Å². The van der Waals surface area contributed by atoms with Gasteiger partial charge in [0.2, 0.25) is 11.8 Å². The summed E-state index contributed by atoms with van der Waals surface area (Å²) in [5.41, 5.74) is 5.05. The standard InChI is InChI=1S/C7H15N3O2/c1-5(11)9-6(7(8)12)4-10(2)3/h6H,4H2,1-3H3,(H2,8,12)(H,9,11). The highest BCUT2D eigenvalue weighted by atomic mass is 16.2. The topological polar surface area (TPSA) is 75.4 Å². The van der Waals surface area contributed by atoms with Crippen LogP contribution in [-0.4, -0.2) is 43.4 Å². The third-order valence-corrected chi connectivity index (χ3v) is 1.27. The maximum Gasteiger partial charge on any atom is 0.241 e. The van der Waals surface area contributed by atoms with Crippen molar-refractivity contribution in [2.24, 2.45) is 5.73 Å². The molecule has 0 aliphatic rings. The Bertz CT molecular complexity index is 179. The molecule has 0 aromatic heterocycles. The summed E-state index contributed by atoms with van der Waals surface area (Å²) in [6.07, 6.45) is 0. The summed E-state index contributed by atoms with van der Waals surface area (Å²) < 4.78 is 0. The summed E-state index contributed by atoms with van der Waals surface area (Å²) in [6, 6.07) is -0.600. The third kappa shape index (κ3) is 4.68. The fourth-order valence-electron chi connectivity index (χ4n) is 0.817. The van der Waals surface area contributed by atoms with Gasteiger partial charge in [0.25, 0.3) is 0 Å². The zero-order valence-electron chi connectivity index (χ0n) is 7.63. The van der Waals surface area contributed by atoms with Gasteiger partial charge in [0.1, 0.15) is 6.04 Å². The summed E-state index contributed by atoms with van der Waals surface area (Å²) in [4.78, 5) is 23.1. The Labute approximate surface area is 71.9 Å². The predicted octanol–water partition coefficient (Wildman–Crippen LogP) is -1.46. The minimum Gasteiger partial charge on any atom is -0.368 e. The highest BCUT2D eigenvalue weighted by Crippen LogP contribution is 1.85. The minimum absolute atomic E-state index is 0.249. The van der Waals surface area contributed by atoms with Crippen molar-refractivity contribution in [2.45, 2.75) is 13.0 Å². The van der Waals surface area contributed by atoms with Crippen LogP contribution in [0.25, 0.3) is 0 Å². The van der Waals surface area contributed by atoms with Crippen LogP contribution in [-0.2, 0) is 9.59 Å². The first kappa shape index (κ1) is 10.9. The van der Waals surface area contributed by atoms with E-state index < -0.39 is 11.9 Å². The zero-order chi connectivity index (χ0) is 9.72. The Hall–Kier alpha value is -1.10. The van der Waals surface area contributed by atoms with E-state index in [0.717, 1.165) is 0 Å². The number of hydrogen-bond donors (Lipinski definition) is 2. The molecule has 12 heavy (non-hydrogen) atoms. The van der Waals surface area contributed by atoms with E-state index in [1.807, 2.05) is 0 Å². The average molecular weight is 173 g/mol. The molecule has 0 bridgehead atoms. The van der Waals surface area contributed by atoms with Crippen molar-refractivity contribution in [2.75, 3.05) is 20.6 Å². The number of nitrogens with two attached hydrogens (primary N) is 1. The smallest absolute Gasteiger partial charge is 0.241 e. The highest BCUT2D eigenvalue weighted by Gasteiger charge is 2.16. The summed E-state index contributed by atoms with van der Waals surface area (Å²) in [5.74, 6) is -0.764. The molecule has 0 aromatic rings. The molecule has 0 heterocycles. The van der Waals surface area contributed by atoms with Crippen molar-refractivity contribution in [1.82, 2.24) is 10.2 Å². The molecule has 0 aliphatic heterocycles. The first-order valence-electron chi connectivity index (χ1n) is 3.64. The summed E-state index contributed by atoms with van der Waals surface area (Å²) in [7, 11) is 3.61. The van der Waals surface area contributed by atoms with Gasteiger partial charge in [-0.15, -0.1) is 0 Å². The Balaban J connectivity index is 4.04. The SMILES string of the molecule is CC(=O)NC(CN(C)C)C(N)=O. The minimum atomic E-state index is -0.600. The molecule has 0 radical (unpaired) electrons. The van der Waals surface area contributed by atoms with Crippen LogP contribution in [0.2, 0.25) is 0 Å². The van der Waals surface area contributed by atoms with Gasteiger partial charge in [0.05, 0.1) is 0 Å². The first-order chi connectivity index (χ1) is 5.43. The van der Waals surface area contributed by atoms with Crippen LogP contribution in [0.1, 0.15) is 6.92 Å². The van der Waals surface area contributed by atoms with E-state index in [1.165, 1.54) is 6.92 Å². The van der Waals surface area contributed by atoms with E-state index >= 15 is 0 Å². The second-order valence-electron chi connectivity index (χ2n) is 2.92. The lowest BCUT2D eigenvalue weighted by Crippen LogP contribution is -2.49. The largest absolute Gasteiger partial charge is 0.368 e. The molecule has 0 saturated heterocycles. The second-order valence-corrected chi connectivity index (χ2v) is 2.92. The Morgan fingerprint density at radius 3 is 2.25 bits per heavy atom. The summed E-state index contributed by atoms with van der Waals surface area (Å²) in [6.45, 7) is 1.78. The van der Waals surface area contributed by atoms with Gasteiger partial charge in [0, 0.05) is 13.5 Å². The Kier molecular flexibility index (Phi) is 4.28. The van der Waals surface area contributed by atoms with Gasteiger partial charge >= 0.3 is 0 Å². The van der Waals surface area contributed by atoms with Gasteiger partial charge < -0.3 is 16.0 Å². The molecule has 0 rings (SSSR count).